The van der Waals surface area contributed by atoms with Gasteiger partial charge in [0.1, 0.15) is 11.3 Å². The summed E-state index contributed by atoms with van der Waals surface area (Å²) in [6.07, 6.45) is 0.760. The fourth-order valence-electron chi connectivity index (χ4n) is 1.77. The van der Waals surface area contributed by atoms with Crippen LogP contribution in [-0.4, -0.2) is 41.6 Å². The Bertz CT molecular complexity index is 496. The van der Waals surface area contributed by atoms with Crippen molar-refractivity contribution < 1.29 is 19.4 Å². The zero-order valence-corrected chi connectivity index (χ0v) is 12.3. The minimum absolute atomic E-state index is 0.205. The predicted molar refractivity (Wildman–Crippen MR) is 75.8 cm³/mol. The Kier molecular flexibility index (Phi) is 5.13. The summed E-state index contributed by atoms with van der Waals surface area (Å²) < 4.78 is 5.22. The molecule has 1 aromatic rings. The Morgan fingerprint density at radius 2 is 1.90 bits per heavy atom. The number of hydrogen-bond acceptors (Lipinski definition) is 3. The van der Waals surface area contributed by atoms with Crippen LogP contribution in [0.15, 0.2) is 24.3 Å². The molecule has 5 nitrogen and oxygen atoms in total. The SMILES string of the molecule is COc1ccccc1CCC(=O)N(C)C(C)(C)C(=O)O. The summed E-state index contributed by atoms with van der Waals surface area (Å²) in [7, 11) is 3.10. The first kappa shape index (κ1) is 16.0. The lowest BCUT2D eigenvalue weighted by atomic mass is 10.0. The molecule has 0 heterocycles. The summed E-state index contributed by atoms with van der Waals surface area (Å²) in [5.74, 6) is -0.491. The lowest BCUT2D eigenvalue weighted by molar-refractivity contribution is -0.155. The van der Waals surface area contributed by atoms with E-state index in [1.54, 1.807) is 7.11 Å². The maximum absolute atomic E-state index is 12.1. The second kappa shape index (κ2) is 6.41. The van der Waals surface area contributed by atoms with Gasteiger partial charge in [-0.2, -0.15) is 0 Å². The molecule has 1 aromatic carbocycles. The average Bonchev–Trinajstić information content (AvgIpc) is 2.43. The molecule has 1 rings (SSSR count). The zero-order valence-electron chi connectivity index (χ0n) is 12.3. The summed E-state index contributed by atoms with van der Waals surface area (Å²) in [5, 5.41) is 9.11. The maximum Gasteiger partial charge on any atom is 0.329 e. The highest BCUT2D eigenvalue weighted by Crippen LogP contribution is 2.20. The number of carbonyl (C=O) groups is 2. The number of hydrogen-bond donors (Lipinski definition) is 1. The molecule has 0 saturated heterocycles. The van der Waals surface area contributed by atoms with Crippen LogP contribution >= 0.6 is 0 Å². The number of likely N-dealkylation sites (N-methyl/N-ethyl adjacent to an activating group) is 1. The van der Waals surface area contributed by atoms with Gasteiger partial charge in [-0.25, -0.2) is 4.79 Å². The Morgan fingerprint density at radius 3 is 2.45 bits per heavy atom. The Morgan fingerprint density at radius 1 is 1.30 bits per heavy atom. The first-order valence-corrected chi connectivity index (χ1v) is 6.42. The van der Waals surface area contributed by atoms with Crippen molar-refractivity contribution in [2.45, 2.75) is 32.2 Å². The standard InChI is InChI=1S/C15H21NO4/c1-15(2,14(18)19)16(3)13(17)10-9-11-7-5-6-8-12(11)20-4/h5-8H,9-10H2,1-4H3,(H,18,19). The van der Waals surface area contributed by atoms with Crippen molar-refractivity contribution in [2.24, 2.45) is 0 Å². The number of methoxy groups -OCH3 is 1. The fraction of sp³-hybridized carbons (Fsp3) is 0.467. The van der Waals surface area contributed by atoms with Crippen LogP contribution < -0.4 is 4.74 Å². The van der Waals surface area contributed by atoms with Gasteiger partial charge in [0, 0.05) is 13.5 Å². The minimum atomic E-state index is -1.21. The smallest absolute Gasteiger partial charge is 0.329 e. The Balaban J connectivity index is 2.70. The van der Waals surface area contributed by atoms with E-state index in [1.165, 1.54) is 25.8 Å². The molecule has 0 aromatic heterocycles. The van der Waals surface area contributed by atoms with Gasteiger partial charge in [-0.05, 0) is 31.9 Å². The highest BCUT2D eigenvalue weighted by Gasteiger charge is 2.34. The largest absolute Gasteiger partial charge is 0.496 e. The van der Waals surface area contributed by atoms with Crippen molar-refractivity contribution in [3.63, 3.8) is 0 Å². The predicted octanol–water partition coefficient (Wildman–Crippen LogP) is 1.95. The molecule has 110 valence electrons. The number of ether oxygens (including phenoxy) is 1. The topological polar surface area (TPSA) is 66.8 Å². The van der Waals surface area contributed by atoms with Gasteiger partial charge in [0.15, 0.2) is 0 Å². The normalized spacial score (nSPS) is 11.0. The molecule has 1 N–H and O–H groups in total. The number of aryl methyl sites for hydroxylation is 1. The lowest BCUT2D eigenvalue weighted by Gasteiger charge is -2.31. The summed E-state index contributed by atoms with van der Waals surface area (Å²) in [6, 6.07) is 7.48. The van der Waals surface area contributed by atoms with Gasteiger partial charge in [-0.15, -0.1) is 0 Å². The molecule has 0 unspecified atom stereocenters. The first-order chi connectivity index (χ1) is 9.30. The number of nitrogens with zero attached hydrogens (tertiary/aromatic N) is 1. The maximum atomic E-state index is 12.1. The van der Waals surface area contributed by atoms with Gasteiger partial charge in [0.05, 0.1) is 7.11 Å². The third kappa shape index (κ3) is 3.50. The molecule has 0 aliphatic carbocycles. The first-order valence-electron chi connectivity index (χ1n) is 6.42. The molecule has 0 fully saturated rings. The minimum Gasteiger partial charge on any atom is -0.496 e. The van der Waals surface area contributed by atoms with Gasteiger partial charge in [0.2, 0.25) is 5.91 Å². The highest BCUT2D eigenvalue weighted by molar-refractivity contribution is 5.86. The van der Waals surface area contributed by atoms with Crippen LogP contribution in [0.25, 0.3) is 0 Å². The monoisotopic (exact) mass is 279 g/mol. The molecule has 0 bridgehead atoms. The van der Waals surface area contributed by atoms with Crippen LogP contribution in [-0.2, 0) is 16.0 Å². The number of benzene rings is 1. The van der Waals surface area contributed by atoms with E-state index >= 15 is 0 Å². The van der Waals surface area contributed by atoms with E-state index in [-0.39, 0.29) is 12.3 Å². The van der Waals surface area contributed by atoms with E-state index in [1.807, 2.05) is 24.3 Å². The number of carbonyl (C=O) groups excluding carboxylic acids is 1. The van der Waals surface area contributed by atoms with Crippen LogP contribution in [0.4, 0.5) is 0 Å². The van der Waals surface area contributed by atoms with Crippen molar-refractivity contribution >= 4 is 11.9 Å². The molecule has 0 aliphatic rings. The molecule has 1 amide bonds. The number of rotatable bonds is 6. The van der Waals surface area contributed by atoms with Gasteiger partial charge >= 0.3 is 5.97 Å². The summed E-state index contributed by atoms with van der Waals surface area (Å²) >= 11 is 0. The van der Waals surface area contributed by atoms with Crippen molar-refractivity contribution in [2.75, 3.05) is 14.2 Å². The molecule has 20 heavy (non-hydrogen) atoms. The number of amides is 1. The Hall–Kier alpha value is -2.04. The third-order valence-corrected chi connectivity index (χ3v) is 3.54. The van der Waals surface area contributed by atoms with Crippen LogP contribution in [0.3, 0.4) is 0 Å². The second-order valence-corrected chi connectivity index (χ2v) is 5.13. The van der Waals surface area contributed by atoms with Crippen LogP contribution in [0.5, 0.6) is 5.75 Å². The van der Waals surface area contributed by atoms with E-state index in [4.69, 9.17) is 9.84 Å². The van der Waals surface area contributed by atoms with Crippen LogP contribution in [0.2, 0.25) is 0 Å². The van der Waals surface area contributed by atoms with Crippen molar-refractivity contribution in [1.82, 2.24) is 4.90 Å². The number of carboxylic acid groups (broad SMARTS) is 1. The molecular formula is C15H21NO4. The Labute approximate surface area is 119 Å². The molecule has 0 aliphatic heterocycles. The highest BCUT2D eigenvalue weighted by atomic mass is 16.5. The third-order valence-electron chi connectivity index (χ3n) is 3.54. The van der Waals surface area contributed by atoms with Gasteiger partial charge in [-0.1, -0.05) is 18.2 Å². The van der Waals surface area contributed by atoms with E-state index in [0.717, 1.165) is 11.3 Å². The molecule has 0 atom stereocenters. The summed E-state index contributed by atoms with van der Waals surface area (Å²) in [4.78, 5) is 24.5. The fourth-order valence-corrected chi connectivity index (χ4v) is 1.77. The number of para-hydroxylation sites is 1. The molecule has 5 heteroatoms. The zero-order chi connectivity index (χ0) is 15.3. The van der Waals surface area contributed by atoms with Crippen molar-refractivity contribution in [1.29, 1.82) is 0 Å². The van der Waals surface area contributed by atoms with Crippen molar-refractivity contribution in [3.05, 3.63) is 29.8 Å². The molecular weight excluding hydrogens is 258 g/mol. The van der Waals surface area contributed by atoms with Gasteiger partial charge in [-0.3, -0.25) is 4.79 Å². The molecule has 0 spiro atoms. The molecule has 0 saturated carbocycles. The quantitative estimate of drug-likeness (QED) is 0.864. The second-order valence-electron chi connectivity index (χ2n) is 5.13. The number of carboxylic acids is 1. The van der Waals surface area contributed by atoms with Crippen molar-refractivity contribution in [3.8, 4) is 5.75 Å². The average molecular weight is 279 g/mol. The van der Waals surface area contributed by atoms with Crippen LogP contribution in [0, 0.1) is 0 Å². The van der Waals surface area contributed by atoms with E-state index in [2.05, 4.69) is 0 Å². The van der Waals surface area contributed by atoms with Gasteiger partial charge in [0.25, 0.3) is 0 Å². The van der Waals surface area contributed by atoms with Gasteiger partial charge < -0.3 is 14.7 Å². The van der Waals surface area contributed by atoms with E-state index < -0.39 is 11.5 Å². The van der Waals surface area contributed by atoms with E-state index in [0.29, 0.717) is 6.42 Å². The summed E-state index contributed by atoms with van der Waals surface area (Å²) in [5.41, 5.74) is -0.275. The van der Waals surface area contributed by atoms with E-state index in [9.17, 15) is 9.59 Å². The van der Waals surface area contributed by atoms with Crippen LogP contribution in [0.1, 0.15) is 25.8 Å². The molecule has 0 radical (unpaired) electrons. The number of aliphatic carboxylic acids is 1. The lowest BCUT2D eigenvalue weighted by Crippen LogP contribution is -2.50. The summed E-state index contributed by atoms with van der Waals surface area (Å²) in [6.45, 7) is 3.02.